The van der Waals surface area contributed by atoms with Crippen LogP contribution < -0.4 is 14.5 Å². The van der Waals surface area contributed by atoms with Gasteiger partial charge in [0.25, 0.3) is 0 Å². The second kappa shape index (κ2) is 15.2. The second-order valence-corrected chi connectivity index (χ2v) is 20.9. The Bertz CT molecular complexity index is 4070. The topological polar surface area (TPSA) is 33.5 Å². The van der Waals surface area contributed by atoms with Crippen LogP contribution in [-0.2, 0) is 10.8 Å². The molecule has 0 amide bonds. The molecule has 69 heavy (non-hydrogen) atoms. The average molecular weight is 893 g/mol. The highest BCUT2D eigenvalue weighted by Gasteiger charge is 2.30. The van der Waals surface area contributed by atoms with Gasteiger partial charge in [-0.1, -0.05) is 157 Å². The maximum atomic E-state index is 7.09. The number of hydrogen-bond donors (Lipinski definition) is 0. The van der Waals surface area contributed by atoms with Crippen molar-refractivity contribution < 1.29 is 4.74 Å². The normalized spacial score (nSPS) is 13.2. The summed E-state index contributed by atoms with van der Waals surface area (Å²) in [6.07, 6.45) is 0. The molecule has 0 atom stereocenters. The fourth-order valence-corrected chi connectivity index (χ4v) is 10.9. The van der Waals surface area contributed by atoms with E-state index >= 15 is 0 Å². The third-order valence-electron chi connectivity index (χ3n) is 14.5. The highest BCUT2D eigenvalue weighted by molar-refractivity contribution is 6.32. The van der Waals surface area contributed by atoms with E-state index < -0.39 is 0 Å². The second-order valence-electron chi connectivity index (χ2n) is 20.9. The van der Waals surface area contributed by atoms with Gasteiger partial charge in [-0.25, -0.2) is 4.98 Å². The molecule has 0 unspecified atom stereocenters. The molecule has 10 aromatic carbocycles. The van der Waals surface area contributed by atoms with Gasteiger partial charge in [-0.15, -0.1) is 0 Å². The third kappa shape index (κ3) is 6.63. The van der Waals surface area contributed by atoms with Gasteiger partial charge in [0.2, 0.25) is 0 Å². The molecule has 5 heteroatoms. The van der Waals surface area contributed by atoms with Crippen molar-refractivity contribution in [1.29, 1.82) is 0 Å². The summed E-state index contributed by atoms with van der Waals surface area (Å²) in [6.45, 7) is 14.3. The van der Waals surface area contributed by atoms with Crippen LogP contribution in [0.3, 0.4) is 0 Å². The van der Waals surface area contributed by atoms with Crippen LogP contribution >= 0.6 is 0 Å². The number of aromatic nitrogens is 2. The lowest BCUT2D eigenvalue weighted by atomic mass is 9.86. The summed E-state index contributed by atoms with van der Waals surface area (Å²) >= 11 is 0. The minimum Gasteiger partial charge on any atom is -0.457 e. The van der Waals surface area contributed by atoms with Crippen molar-refractivity contribution in [1.82, 2.24) is 9.55 Å². The van der Waals surface area contributed by atoms with Crippen LogP contribution in [0.1, 0.15) is 52.7 Å². The van der Waals surface area contributed by atoms with Crippen molar-refractivity contribution in [3.63, 3.8) is 0 Å². The number of para-hydroxylation sites is 3. The maximum Gasteiger partial charge on any atom is 0.146 e. The molecule has 0 saturated heterocycles. The van der Waals surface area contributed by atoms with Crippen molar-refractivity contribution in [3.8, 4) is 17.3 Å². The Morgan fingerprint density at radius 3 is 1.75 bits per heavy atom. The number of benzene rings is 10. The Morgan fingerprint density at radius 2 is 1.00 bits per heavy atom. The molecule has 1 aliphatic heterocycles. The summed E-state index contributed by atoms with van der Waals surface area (Å²) in [5.41, 5.74) is 10.2. The summed E-state index contributed by atoms with van der Waals surface area (Å²) in [4.78, 5) is 10.5. The molecule has 0 fully saturated rings. The molecular formula is C64H52N4O. The van der Waals surface area contributed by atoms with Gasteiger partial charge in [-0.05, 0) is 121 Å². The lowest BCUT2D eigenvalue weighted by Crippen LogP contribution is -2.25. The minimum atomic E-state index is -0.130. The van der Waals surface area contributed by atoms with E-state index in [1.165, 1.54) is 76.7 Å². The highest BCUT2D eigenvalue weighted by atomic mass is 16.5. The van der Waals surface area contributed by atoms with Crippen molar-refractivity contribution in [2.45, 2.75) is 52.4 Å². The Hall–Kier alpha value is -8.15. The first-order valence-electron chi connectivity index (χ1n) is 24.1. The lowest BCUT2D eigenvalue weighted by molar-refractivity contribution is 0.479. The van der Waals surface area contributed by atoms with E-state index in [1.807, 2.05) is 0 Å². The minimum absolute atomic E-state index is 0.0410. The first-order valence-corrected chi connectivity index (χ1v) is 24.1. The van der Waals surface area contributed by atoms with Gasteiger partial charge in [0.1, 0.15) is 24.0 Å². The van der Waals surface area contributed by atoms with Crippen LogP contribution in [0.15, 0.2) is 194 Å². The Kier molecular flexibility index (Phi) is 9.04. The highest BCUT2D eigenvalue weighted by Crippen LogP contribution is 2.48. The van der Waals surface area contributed by atoms with Gasteiger partial charge < -0.3 is 14.5 Å². The van der Waals surface area contributed by atoms with E-state index in [-0.39, 0.29) is 10.8 Å². The fraction of sp³-hybridized carbons (Fsp3) is 0.141. The van der Waals surface area contributed by atoms with Crippen LogP contribution in [0.2, 0.25) is 0 Å². The van der Waals surface area contributed by atoms with E-state index in [9.17, 15) is 0 Å². The van der Waals surface area contributed by atoms with Gasteiger partial charge in [-0.3, -0.25) is 4.57 Å². The zero-order valence-corrected chi connectivity index (χ0v) is 39.9. The Balaban J connectivity index is 0.983. The molecule has 2 aromatic heterocycles. The van der Waals surface area contributed by atoms with E-state index in [0.29, 0.717) is 6.67 Å². The monoisotopic (exact) mass is 892 g/mol. The molecule has 5 nitrogen and oxygen atoms in total. The number of pyridine rings is 1. The SMILES string of the molecule is CC(C)(C)c1cccc(N2CN(c3cc(Oc4ccc5c6ccccc6n(-c6nc7ccc8ccc9ccccc9c8c7c7c6ccc6ccccc67)c5c4)cc(C(C)(C)C)c3)c3ccccc32)c1. The number of fused-ring (bicyclic) bond motifs is 13. The van der Waals surface area contributed by atoms with Crippen molar-refractivity contribution in [2.24, 2.45) is 0 Å². The standard InChI is InChI=1S/C64H52N4O/c1-63(2,3)43-18-15-19-45(34-43)66-39-67(57-25-14-13-24-56(57)66)46-35-44(64(4,5)6)36-48(37-46)69-47-30-32-52-51-22-11-12-23-55(51)68(58(52)38-47)62-53-31-28-41-17-8-10-21-50(41)60(53)61-54(65-62)33-29-42-27-26-40-16-7-9-20-49(40)59(42)61/h7-38H,39H2,1-6H3. The van der Waals surface area contributed by atoms with E-state index in [2.05, 4.69) is 250 Å². The quantitative estimate of drug-likeness (QED) is 0.161. The molecule has 0 spiro atoms. The van der Waals surface area contributed by atoms with Crippen LogP contribution in [0.4, 0.5) is 22.7 Å². The van der Waals surface area contributed by atoms with Crippen LogP contribution in [-0.4, -0.2) is 16.2 Å². The molecule has 0 radical (unpaired) electrons. The molecule has 13 rings (SSSR count). The maximum absolute atomic E-state index is 7.09. The predicted molar refractivity (Wildman–Crippen MR) is 292 cm³/mol. The van der Waals surface area contributed by atoms with Crippen molar-refractivity contribution in [2.75, 3.05) is 16.5 Å². The fourth-order valence-electron chi connectivity index (χ4n) is 10.9. The van der Waals surface area contributed by atoms with Gasteiger partial charge >= 0.3 is 0 Å². The predicted octanol–water partition coefficient (Wildman–Crippen LogP) is 17.6. The molecular weight excluding hydrogens is 841 g/mol. The van der Waals surface area contributed by atoms with Gasteiger partial charge in [0.05, 0.1) is 27.9 Å². The number of anilines is 4. The summed E-state index contributed by atoms with van der Waals surface area (Å²) < 4.78 is 9.46. The largest absolute Gasteiger partial charge is 0.457 e. The third-order valence-corrected chi connectivity index (χ3v) is 14.5. The molecule has 0 aliphatic carbocycles. The Morgan fingerprint density at radius 1 is 0.406 bits per heavy atom. The van der Waals surface area contributed by atoms with Crippen molar-refractivity contribution >= 4 is 98.5 Å². The zero-order chi connectivity index (χ0) is 46.8. The first-order chi connectivity index (χ1) is 33.5. The summed E-state index contributed by atoms with van der Waals surface area (Å²) in [7, 11) is 0. The first kappa shape index (κ1) is 41.1. The summed E-state index contributed by atoms with van der Waals surface area (Å²) in [5, 5.41) is 13.1. The van der Waals surface area contributed by atoms with Crippen LogP contribution in [0, 0.1) is 0 Å². The van der Waals surface area contributed by atoms with Crippen LogP contribution in [0.5, 0.6) is 11.5 Å². The molecule has 0 N–H and O–H groups in total. The Labute approximate surface area is 402 Å². The van der Waals surface area contributed by atoms with Gasteiger partial charge in [-0.2, -0.15) is 0 Å². The molecule has 0 saturated carbocycles. The smallest absolute Gasteiger partial charge is 0.146 e. The van der Waals surface area contributed by atoms with E-state index in [4.69, 9.17) is 9.72 Å². The molecule has 12 aromatic rings. The van der Waals surface area contributed by atoms with Crippen LogP contribution in [0.25, 0.3) is 81.6 Å². The van der Waals surface area contributed by atoms with E-state index in [0.717, 1.165) is 50.3 Å². The number of rotatable bonds is 5. The van der Waals surface area contributed by atoms with Crippen molar-refractivity contribution in [3.05, 3.63) is 205 Å². The zero-order valence-electron chi connectivity index (χ0n) is 39.9. The average Bonchev–Trinajstić information content (AvgIpc) is 3.91. The number of hydrogen-bond acceptors (Lipinski definition) is 4. The molecule has 3 heterocycles. The molecule has 0 bridgehead atoms. The van der Waals surface area contributed by atoms with Gasteiger partial charge in [0.15, 0.2) is 0 Å². The molecule has 334 valence electrons. The summed E-state index contributed by atoms with van der Waals surface area (Å²) in [6, 6.07) is 70.7. The molecule has 1 aliphatic rings. The van der Waals surface area contributed by atoms with Gasteiger partial charge in [0, 0.05) is 50.4 Å². The van der Waals surface area contributed by atoms with E-state index in [1.54, 1.807) is 0 Å². The number of nitrogens with zero attached hydrogens (tertiary/aromatic N) is 4. The lowest BCUT2D eigenvalue weighted by Gasteiger charge is -2.27. The summed E-state index contributed by atoms with van der Waals surface area (Å²) in [5.74, 6) is 2.46. The number of ether oxygens (including phenoxy) is 1.